The average Bonchev–Trinajstić information content (AvgIpc) is 3.39. The molecule has 3 atom stereocenters. The number of likely N-dealkylation sites (tertiary alicyclic amines) is 1. The maximum Gasteiger partial charge on any atom is 0.194 e. The summed E-state index contributed by atoms with van der Waals surface area (Å²) >= 11 is 1.98. The van der Waals surface area contributed by atoms with E-state index in [1.54, 1.807) is 0 Å². The van der Waals surface area contributed by atoms with Gasteiger partial charge in [-0.15, -0.1) is 35.7 Å². The van der Waals surface area contributed by atoms with Crippen molar-refractivity contribution in [2.45, 2.75) is 43.2 Å². The summed E-state index contributed by atoms with van der Waals surface area (Å²) in [7, 11) is 0. The quantitative estimate of drug-likeness (QED) is 0.264. The Labute approximate surface area is 197 Å². The fourth-order valence-corrected chi connectivity index (χ4v) is 5.55. The molecule has 3 aliphatic rings. The molecule has 3 saturated heterocycles. The predicted molar refractivity (Wildman–Crippen MR) is 133 cm³/mol. The van der Waals surface area contributed by atoms with Gasteiger partial charge in [0.05, 0.1) is 19.3 Å². The first-order valence-electron chi connectivity index (χ1n) is 10.9. The summed E-state index contributed by atoms with van der Waals surface area (Å²) < 4.78 is 6.09. The van der Waals surface area contributed by atoms with Crippen LogP contribution in [-0.4, -0.2) is 79.5 Å². The second-order valence-electron chi connectivity index (χ2n) is 8.17. The molecule has 3 heterocycles. The van der Waals surface area contributed by atoms with Crippen LogP contribution < -0.4 is 5.32 Å². The summed E-state index contributed by atoms with van der Waals surface area (Å²) in [6.45, 7) is 9.21. The minimum atomic E-state index is 0. The fraction of sp³-hybridized carbons (Fsp3) is 0.682. The topological polar surface area (TPSA) is 40.1 Å². The van der Waals surface area contributed by atoms with Gasteiger partial charge in [0, 0.05) is 42.9 Å². The number of halogens is 1. The number of aliphatic imine (C=N–C) groups is 1. The lowest BCUT2D eigenvalue weighted by atomic mass is 10.2. The van der Waals surface area contributed by atoms with Gasteiger partial charge < -0.3 is 15.0 Å². The highest BCUT2D eigenvalue weighted by atomic mass is 127. The molecule has 0 saturated carbocycles. The van der Waals surface area contributed by atoms with Gasteiger partial charge >= 0.3 is 0 Å². The number of nitrogens with one attached hydrogen (secondary N) is 1. The third-order valence-electron chi connectivity index (χ3n) is 6.06. The molecule has 0 bridgehead atoms. The lowest BCUT2D eigenvalue weighted by Crippen LogP contribution is -2.48. The number of ether oxygens (including phenoxy) is 1. The van der Waals surface area contributed by atoms with Gasteiger partial charge in [0.15, 0.2) is 5.96 Å². The van der Waals surface area contributed by atoms with Crippen LogP contribution in [0.15, 0.2) is 40.2 Å². The van der Waals surface area contributed by atoms with Crippen molar-refractivity contribution in [3.8, 4) is 0 Å². The first-order valence-corrected chi connectivity index (χ1v) is 11.9. The molecule has 4 rings (SSSR count). The molecule has 3 unspecified atom stereocenters. The van der Waals surface area contributed by atoms with Gasteiger partial charge in [-0.05, 0) is 50.8 Å². The van der Waals surface area contributed by atoms with Gasteiger partial charge in [-0.25, -0.2) is 0 Å². The molecule has 0 aromatic heterocycles. The molecular weight excluding hydrogens is 495 g/mol. The lowest BCUT2D eigenvalue weighted by molar-refractivity contribution is -0.0432. The Bertz CT molecular complexity index is 647. The van der Waals surface area contributed by atoms with Gasteiger partial charge in [-0.1, -0.05) is 18.2 Å². The minimum Gasteiger partial charge on any atom is -0.373 e. The molecule has 3 fully saturated rings. The van der Waals surface area contributed by atoms with Gasteiger partial charge in [-0.3, -0.25) is 9.89 Å². The number of hydrogen-bond acceptors (Lipinski definition) is 4. The molecule has 29 heavy (non-hydrogen) atoms. The van der Waals surface area contributed by atoms with E-state index >= 15 is 0 Å². The average molecular weight is 531 g/mol. The van der Waals surface area contributed by atoms with Crippen LogP contribution in [0.5, 0.6) is 0 Å². The highest BCUT2D eigenvalue weighted by Crippen LogP contribution is 2.26. The molecule has 0 amide bonds. The normalized spacial score (nSPS) is 27.6. The molecule has 162 valence electrons. The van der Waals surface area contributed by atoms with Crippen molar-refractivity contribution in [2.24, 2.45) is 10.9 Å². The smallest absolute Gasteiger partial charge is 0.194 e. The van der Waals surface area contributed by atoms with E-state index in [-0.39, 0.29) is 30.1 Å². The SMILES string of the molecule is CCNC(=NCC1CN2CCCC2CO1)N1CCC(CSc2ccccc2)C1.I. The standard InChI is InChI=1S/C22H34N4OS.HI/c1-2-23-22(24-13-20-15-25-11-6-7-19(25)16-27-20)26-12-10-18(14-26)17-28-21-8-4-3-5-9-21;/h3-5,8-9,18-20H,2,6-7,10-17H2,1H3,(H,23,24);1H. The zero-order valence-corrected chi connectivity index (χ0v) is 20.6. The maximum absolute atomic E-state index is 6.09. The van der Waals surface area contributed by atoms with Crippen molar-refractivity contribution in [1.82, 2.24) is 15.1 Å². The van der Waals surface area contributed by atoms with Crippen LogP contribution >= 0.6 is 35.7 Å². The van der Waals surface area contributed by atoms with E-state index in [1.807, 2.05) is 11.8 Å². The summed E-state index contributed by atoms with van der Waals surface area (Å²) in [6, 6.07) is 11.4. The molecule has 0 aliphatic carbocycles. The number of nitrogens with zero attached hydrogens (tertiary/aromatic N) is 3. The summed E-state index contributed by atoms with van der Waals surface area (Å²) in [5, 5.41) is 3.50. The van der Waals surface area contributed by atoms with Crippen LogP contribution in [0, 0.1) is 5.92 Å². The molecular formula is C22H35IN4OS. The highest BCUT2D eigenvalue weighted by molar-refractivity contribution is 14.0. The molecule has 0 radical (unpaired) electrons. The predicted octanol–water partition coefficient (Wildman–Crippen LogP) is 3.55. The second kappa shape index (κ2) is 11.8. The Hall–Kier alpha value is -0.510. The van der Waals surface area contributed by atoms with Gasteiger partial charge in [0.25, 0.3) is 0 Å². The Morgan fingerprint density at radius 1 is 1.21 bits per heavy atom. The molecule has 0 spiro atoms. The molecule has 1 N–H and O–H groups in total. The first kappa shape index (κ1) is 23.2. The third kappa shape index (κ3) is 6.48. The van der Waals surface area contributed by atoms with Crippen molar-refractivity contribution < 1.29 is 4.74 Å². The number of morpholine rings is 1. The zero-order valence-electron chi connectivity index (χ0n) is 17.5. The van der Waals surface area contributed by atoms with Gasteiger partial charge in [0.1, 0.15) is 0 Å². The van der Waals surface area contributed by atoms with Crippen LogP contribution in [0.2, 0.25) is 0 Å². The summed E-state index contributed by atoms with van der Waals surface area (Å²) in [4.78, 5) is 11.4. The van der Waals surface area contributed by atoms with Gasteiger partial charge in [0.2, 0.25) is 0 Å². The van der Waals surface area contributed by atoms with Crippen molar-refractivity contribution >= 4 is 41.7 Å². The van der Waals surface area contributed by atoms with Crippen LogP contribution in [0.4, 0.5) is 0 Å². The minimum absolute atomic E-state index is 0. The van der Waals surface area contributed by atoms with Crippen LogP contribution in [-0.2, 0) is 4.74 Å². The van der Waals surface area contributed by atoms with Crippen molar-refractivity contribution in [3.63, 3.8) is 0 Å². The van der Waals surface area contributed by atoms with E-state index in [2.05, 4.69) is 52.4 Å². The van der Waals surface area contributed by atoms with E-state index in [9.17, 15) is 0 Å². The molecule has 7 heteroatoms. The van der Waals surface area contributed by atoms with E-state index in [4.69, 9.17) is 9.73 Å². The summed E-state index contributed by atoms with van der Waals surface area (Å²) in [5.41, 5.74) is 0. The first-order chi connectivity index (χ1) is 13.8. The van der Waals surface area contributed by atoms with E-state index in [1.165, 1.54) is 36.5 Å². The van der Waals surface area contributed by atoms with Crippen LogP contribution in [0.3, 0.4) is 0 Å². The van der Waals surface area contributed by atoms with Crippen LogP contribution in [0.25, 0.3) is 0 Å². The molecule has 1 aromatic rings. The Morgan fingerprint density at radius 3 is 2.90 bits per heavy atom. The fourth-order valence-electron chi connectivity index (χ4n) is 4.50. The Morgan fingerprint density at radius 2 is 2.07 bits per heavy atom. The Kier molecular flexibility index (Phi) is 9.40. The monoisotopic (exact) mass is 530 g/mol. The number of thioether (sulfide) groups is 1. The maximum atomic E-state index is 6.09. The molecule has 1 aromatic carbocycles. The van der Waals surface area contributed by atoms with Crippen molar-refractivity contribution in [3.05, 3.63) is 30.3 Å². The van der Waals surface area contributed by atoms with Gasteiger partial charge in [-0.2, -0.15) is 0 Å². The Balaban J connectivity index is 0.00000240. The van der Waals surface area contributed by atoms with Crippen molar-refractivity contribution in [1.29, 1.82) is 0 Å². The zero-order chi connectivity index (χ0) is 19.2. The molecule has 5 nitrogen and oxygen atoms in total. The van der Waals surface area contributed by atoms with E-state index < -0.39 is 0 Å². The third-order valence-corrected chi connectivity index (χ3v) is 7.30. The van der Waals surface area contributed by atoms with E-state index in [0.29, 0.717) is 6.04 Å². The number of guanidine groups is 1. The number of hydrogen-bond donors (Lipinski definition) is 1. The number of rotatable bonds is 6. The van der Waals surface area contributed by atoms with E-state index in [0.717, 1.165) is 51.2 Å². The van der Waals surface area contributed by atoms with Crippen molar-refractivity contribution in [2.75, 3.05) is 51.6 Å². The lowest BCUT2D eigenvalue weighted by Gasteiger charge is -2.34. The molecule has 3 aliphatic heterocycles. The number of fused-ring (bicyclic) bond motifs is 1. The largest absolute Gasteiger partial charge is 0.373 e. The van der Waals surface area contributed by atoms with Crippen LogP contribution in [0.1, 0.15) is 26.2 Å². The summed E-state index contributed by atoms with van der Waals surface area (Å²) in [5.74, 6) is 2.98. The summed E-state index contributed by atoms with van der Waals surface area (Å²) in [6.07, 6.45) is 4.12. The highest BCUT2D eigenvalue weighted by Gasteiger charge is 2.32. The second-order valence-corrected chi connectivity index (χ2v) is 9.26. The number of benzene rings is 1.